The summed E-state index contributed by atoms with van der Waals surface area (Å²) in [5, 5.41) is 2.65. The SMILES string of the molecule is O=C1NC(=S)N(Cc2ccco2)C(=O)/C1=C/c1ccc(N2CCOCC2)cc1. The maximum Gasteiger partial charge on any atom is 0.266 e. The molecule has 0 atom stereocenters. The molecule has 0 aliphatic carbocycles. The van der Waals surface area contributed by atoms with E-state index in [1.165, 1.54) is 11.2 Å². The number of ether oxygens (including phenoxy) is 1. The zero-order valence-corrected chi connectivity index (χ0v) is 15.9. The highest BCUT2D eigenvalue weighted by Crippen LogP contribution is 2.20. The largest absolute Gasteiger partial charge is 0.467 e. The van der Waals surface area contributed by atoms with Gasteiger partial charge in [-0.15, -0.1) is 0 Å². The smallest absolute Gasteiger partial charge is 0.266 e. The van der Waals surface area contributed by atoms with E-state index in [0.717, 1.165) is 24.3 Å². The van der Waals surface area contributed by atoms with E-state index in [0.29, 0.717) is 19.0 Å². The molecule has 1 aromatic heterocycles. The van der Waals surface area contributed by atoms with E-state index in [-0.39, 0.29) is 17.2 Å². The van der Waals surface area contributed by atoms with Crippen LogP contribution < -0.4 is 10.2 Å². The number of anilines is 1. The van der Waals surface area contributed by atoms with Gasteiger partial charge in [-0.3, -0.25) is 19.8 Å². The number of nitrogens with one attached hydrogen (secondary N) is 1. The van der Waals surface area contributed by atoms with Crippen molar-refractivity contribution in [2.75, 3.05) is 31.2 Å². The Kier molecular flexibility index (Phi) is 5.23. The topological polar surface area (TPSA) is 75.0 Å². The summed E-state index contributed by atoms with van der Waals surface area (Å²) in [6, 6.07) is 11.2. The zero-order chi connectivity index (χ0) is 19.5. The van der Waals surface area contributed by atoms with E-state index in [1.807, 2.05) is 24.3 Å². The van der Waals surface area contributed by atoms with Crippen LogP contribution in [0.5, 0.6) is 0 Å². The van der Waals surface area contributed by atoms with E-state index < -0.39 is 11.8 Å². The number of benzene rings is 1. The van der Waals surface area contributed by atoms with E-state index in [2.05, 4.69) is 10.2 Å². The van der Waals surface area contributed by atoms with Gasteiger partial charge in [-0.05, 0) is 48.1 Å². The molecule has 2 aliphatic heterocycles. The third-order valence-electron chi connectivity index (χ3n) is 4.66. The van der Waals surface area contributed by atoms with Crippen LogP contribution in [0.4, 0.5) is 5.69 Å². The number of furan rings is 1. The molecule has 144 valence electrons. The van der Waals surface area contributed by atoms with E-state index >= 15 is 0 Å². The number of morpholine rings is 1. The van der Waals surface area contributed by atoms with Gasteiger partial charge in [0.1, 0.15) is 11.3 Å². The van der Waals surface area contributed by atoms with Gasteiger partial charge >= 0.3 is 0 Å². The minimum Gasteiger partial charge on any atom is -0.467 e. The molecule has 2 aliphatic rings. The summed E-state index contributed by atoms with van der Waals surface area (Å²) in [5.74, 6) is -0.355. The van der Waals surface area contributed by atoms with Gasteiger partial charge in [-0.25, -0.2) is 0 Å². The highest BCUT2D eigenvalue weighted by atomic mass is 32.1. The molecule has 4 rings (SSSR count). The molecule has 2 aromatic rings. The molecule has 0 spiro atoms. The Balaban J connectivity index is 1.54. The minimum absolute atomic E-state index is 0.0410. The van der Waals surface area contributed by atoms with Crippen LogP contribution in [-0.4, -0.2) is 48.1 Å². The summed E-state index contributed by atoms with van der Waals surface area (Å²) in [7, 11) is 0. The fourth-order valence-corrected chi connectivity index (χ4v) is 3.41. The molecule has 2 amide bonds. The van der Waals surface area contributed by atoms with Gasteiger partial charge in [-0.2, -0.15) is 0 Å². The Hall–Kier alpha value is -2.97. The monoisotopic (exact) mass is 397 g/mol. The number of hydrogen-bond donors (Lipinski definition) is 1. The maximum atomic E-state index is 12.8. The van der Waals surface area contributed by atoms with Gasteiger partial charge in [0.2, 0.25) is 0 Å². The molecule has 0 saturated carbocycles. The Morgan fingerprint density at radius 3 is 2.54 bits per heavy atom. The molecule has 2 saturated heterocycles. The summed E-state index contributed by atoms with van der Waals surface area (Å²) in [4.78, 5) is 28.7. The van der Waals surface area contributed by atoms with Crippen LogP contribution in [0.2, 0.25) is 0 Å². The molecular formula is C20H19N3O4S. The Bertz CT molecular complexity index is 915. The van der Waals surface area contributed by atoms with Crippen molar-refractivity contribution in [3.63, 3.8) is 0 Å². The number of thiocarbonyl (C=S) groups is 1. The molecule has 2 fully saturated rings. The van der Waals surface area contributed by atoms with Crippen molar-refractivity contribution in [2.45, 2.75) is 6.54 Å². The molecule has 1 N–H and O–H groups in total. The van der Waals surface area contributed by atoms with Gasteiger partial charge in [0.15, 0.2) is 5.11 Å². The molecule has 3 heterocycles. The fraction of sp³-hybridized carbons (Fsp3) is 0.250. The average Bonchev–Trinajstić information content (AvgIpc) is 3.23. The first-order chi connectivity index (χ1) is 13.6. The summed E-state index contributed by atoms with van der Waals surface area (Å²) in [6.07, 6.45) is 3.11. The van der Waals surface area contributed by atoms with Gasteiger partial charge in [0, 0.05) is 18.8 Å². The maximum absolute atomic E-state index is 12.8. The second-order valence-electron chi connectivity index (χ2n) is 6.48. The molecule has 0 radical (unpaired) electrons. The predicted octanol–water partition coefficient (Wildman–Crippen LogP) is 1.94. The Morgan fingerprint density at radius 2 is 1.86 bits per heavy atom. The lowest BCUT2D eigenvalue weighted by Gasteiger charge is -2.29. The lowest BCUT2D eigenvalue weighted by atomic mass is 10.1. The van der Waals surface area contributed by atoms with Gasteiger partial charge in [0.05, 0.1) is 26.0 Å². The summed E-state index contributed by atoms with van der Waals surface area (Å²) in [5.41, 5.74) is 1.89. The first-order valence-electron chi connectivity index (χ1n) is 8.96. The number of carbonyl (C=O) groups excluding carboxylic acids is 2. The van der Waals surface area contributed by atoms with Crippen molar-refractivity contribution in [3.8, 4) is 0 Å². The molecule has 1 aromatic carbocycles. The second kappa shape index (κ2) is 7.95. The number of rotatable bonds is 4. The van der Waals surface area contributed by atoms with Crippen LogP contribution in [0.15, 0.2) is 52.7 Å². The first kappa shape index (κ1) is 18.4. The molecule has 0 bridgehead atoms. The van der Waals surface area contributed by atoms with E-state index in [4.69, 9.17) is 21.4 Å². The van der Waals surface area contributed by atoms with Crippen LogP contribution in [0.25, 0.3) is 6.08 Å². The van der Waals surface area contributed by atoms with E-state index in [1.54, 1.807) is 18.2 Å². The molecule has 7 nitrogen and oxygen atoms in total. The van der Waals surface area contributed by atoms with Crippen LogP contribution in [0.3, 0.4) is 0 Å². The van der Waals surface area contributed by atoms with Crippen LogP contribution >= 0.6 is 12.2 Å². The zero-order valence-electron chi connectivity index (χ0n) is 15.1. The first-order valence-corrected chi connectivity index (χ1v) is 9.36. The number of carbonyl (C=O) groups is 2. The van der Waals surface area contributed by atoms with Crippen molar-refractivity contribution in [1.82, 2.24) is 10.2 Å². The van der Waals surface area contributed by atoms with Gasteiger partial charge in [0.25, 0.3) is 11.8 Å². The molecule has 0 unspecified atom stereocenters. The van der Waals surface area contributed by atoms with Crippen molar-refractivity contribution >= 4 is 40.9 Å². The Labute approximate surface area is 167 Å². The summed E-state index contributed by atoms with van der Waals surface area (Å²) < 4.78 is 10.7. The lowest BCUT2D eigenvalue weighted by Crippen LogP contribution is -2.53. The number of amides is 2. The third kappa shape index (κ3) is 3.83. The second-order valence-corrected chi connectivity index (χ2v) is 6.87. The summed E-state index contributed by atoms with van der Waals surface area (Å²) in [6.45, 7) is 3.29. The number of nitrogens with zero attached hydrogens (tertiary/aromatic N) is 2. The van der Waals surface area contributed by atoms with Gasteiger partial charge < -0.3 is 14.1 Å². The van der Waals surface area contributed by atoms with Crippen molar-refractivity contribution < 1.29 is 18.7 Å². The minimum atomic E-state index is -0.497. The van der Waals surface area contributed by atoms with Crippen LogP contribution in [0, 0.1) is 0 Å². The lowest BCUT2D eigenvalue weighted by molar-refractivity contribution is -0.129. The quantitative estimate of drug-likeness (QED) is 0.483. The molecule has 28 heavy (non-hydrogen) atoms. The van der Waals surface area contributed by atoms with Gasteiger partial charge in [-0.1, -0.05) is 12.1 Å². The standard InChI is InChI=1S/C20H19N3O4S/c24-18-17(19(25)23(20(28)21-18)13-16-2-1-9-27-16)12-14-3-5-15(6-4-14)22-7-10-26-11-8-22/h1-6,9,12H,7-8,10-11,13H2,(H,21,24,28)/b17-12+. The van der Waals surface area contributed by atoms with Crippen molar-refractivity contribution in [2.24, 2.45) is 0 Å². The highest BCUT2D eigenvalue weighted by molar-refractivity contribution is 7.80. The third-order valence-corrected chi connectivity index (χ3v) is 4.98. The summed E-state index contributed by atoms with van der Waals surface area (Å²) >= 11 is 5.15. The predicted molar refractivity (Wildman–Crippen MR) is 107 cm³/mol. The highest BCUT2D eigenvalue weighted by Gasteiger charge is 2.33. The molecule has 8 heteroatoms. The Morgan fingerprint density at radius 1 is 1.11 bits per heavy atom. The van der Waals surface area contributed by atoms with E-state index in [9.17, 15) is 9.59 Å². The fourth-order valence-electron chi connectivity index (χ4n) is 3.17. The van der Waals surface area contributed by atoms with Crippen LogP contribution in [-0.2, 0) is 20.9 Å². The van der Waals surface area contributed by atoms with Crippen molar-refractivity contribution in [3.05, 3.63) is 59.6 Å². The number of hydrogen-bond acceptors (Lipinski definition) is 6. The molecular weight excluding hydrogens is 378 g/mol. The average molecular weight is 397 g/mol. The van der Waals surface area contributed by atoms with Crippen molar-refractivity contribution in [1.29, 1.82) is 0 Å². The normalized spacial score (nSPS) is 19.3. The van der Waals surface area contributed by atoms with Crippen LogP contribution in [0.1, 0.15) is 11.3 Å².